The van der Waals surface area contributed by atoms with Crippen molar-refractivity contribution in [1.29, 1.82) is 0 Å². The van der Waals surface area contributed by atoms with Crippen molar-refractivity contribution in [3.05, 3.63) is 22.3 Å². The number of anilines is 1. The lowest BCUT2D eigenvalue weighted by Crippen LogP contribution is -2.39. The topological polar surface area (TPSA) is 79.7 Å². The Morgan fingerprint density at radius 1 is 1.36 bits per heavy atom. The fraction of sp³-hybridized carbons (Fsp3) is 0.611. The Labute approximate surface area is 153 Å². The van der Waals surface area contributed by atoms with Gasteiger partial charge in [0.05, 0.1) is 11.5 Å². The molecule has 1 aromatic heterocycles. The zero-order chi connectivity index (χ0) is 18.8. The first-order valence-electron chi connectivity index (χ1n) is 8.53. The van der Waals surface area contributed by atoms with Crippen molar-refractivity contribution in [1.82, 2.24) is 4.98 Å². The number of piperidine rings is 1. The van der Waals surface area contributed by atoms with Gasteiger partial charge in [0, 0.05) is 13.1 Å². The van der Waals surface area contributed by atoms with Crippen LogP contribution in [0.3, 0.4) is 0 Å². The van der Waals surface area contributed by atoms with Gasteiger partial charge in [-0.1, -0.05) is 18.5 Å². The number of aromatic carboxylic acids is 1. The maximum Gasteiger partial charge on any atom is 0.338 e. The minimum Gasteiger partial charge on any atom is -0.478 e. The fourth-order valence-electron chi connectivity index (χ4n) is 2.92. The summed E-state index contributed by atoms with van der Waals surface area (Å²) >= 11 is 6.03. The molecule has 138 valence electrons. The Balaban J connectivity index is 2.11. The van der Waals surface area contributed by atoms with Crippen molar-refractivity contribution in [2.75, 3.05) is 18.0 Å². The SMILES string of the molecule is CCc1cc(C(=O)O)c(Cl)nc1N1CCC(C(=O)OC(C)(C)C)CC1. The van der Waals surface area contributed by atoms with E-state index in [1.54, 1.807) is 6.07 Å². The summed E-state index contributed by atoms with van der Waals surface area (Å²) in [5, 5.41) is 9.18. The first kappa shape index (κ1) is 19.5. The predicted molar refractivity (Wildman–Crippen MR) is 96.4 cm³/mol. The number of pyridine rings is 1. The Morgan fingerprint density at radius 3 is 2.44 bits per heavy atom. The van der Waals surface area contributed by atoms with Crippen LogP contribution in [0, 0.1) is 5.92 Å². The number of hydrogen-bond donors (Lipinski definition) is 1. The maximum atomic E-state index is 12.2. The molecule has 2 heterocycles. The molecule has 1 N–H and O–H groups in total. The second-order valence-corrected chi connectivity index (χ2v) is 7.62. The van der Waals surface area contributed by atoms with Gasteiger partial charge in [0.15, 0.2) is 0 Å². The molecule has 1 aromatic rings. The van der Waals surface area contributed by atoms with E-state index in [4.69, 9.17) is 16.3 Å². The smallest absolute Gasteiger partial charge is 0.338 e. The minimum absolute atomic E-state index is 0.00559. The average molecular weight is 369 g/mol. The third-order valence-electron chi connectivity index (χ3n) is 4.18. The first-order chi connectivity index (χ1) is 11.6. The Hall–Kier alpha value is -1.82. The van der Waals surface area contributed by atoms with Crippen molar-refractivity contribution < 1.29 is 19.4 Å². The maximum absolute atomic E-state index is 12.2. The summed E-state index contributed by atoms with van der Waals surface area (Å²) < 4.78 is 5.46. The molecule has 0 saturated carbocycles. The number of aromatic nitrogens is 1. The van der Waals surface area contributed by atoms with Crippen molar-refractivity contribution in [2.24, 2.45) is 5.92 Å². The standard InChI is InChI=1S/C18H25ClN2O4/c1-5-11-10-13(16(22)23)14(19)20-15(11)21-8-6-12(7-9-21)17(24)25-18(2,3)4/h10,12H,5-9H2,1-4H3,(H,22,23). The molecule has 0 aromatic carbocycles. The summed E-state index contributed by atoms with van der Waals surface area (Å²) in [6.07, 6.45) is 2.02. The highest BCUT2D eigenvalue weighted by Gasteiger charge is 2.30. The largest absolute Gasteiger partial charge is 0.478 e. The predicted octanol–water partition coefficient (Wildman–Crippen LogP) is 3.55. The highest BCUT2D eigenvalue weighted by Crippen LogP contribution is 2.29. The van der Waals surface area contributed by atoms with Crippen LogP contribution in [-0.2, 0) is 16.0 Å². The van der Waals surface area contributed by atoms with E-state index in [-0.39, 0.29) is 22.6 Å². The fourth-order valence-corrected chi connectivity index (χ4v) is 3.13. The number of rotatable bonds is 4. The van der Waals surface area contributed by atoms with Crippen LogP contribution in [0.15, 0.2) is 6.07 Å². The van der Waals surface area contributed by atoms with E-state index in [2.05, 4.69) is 9.88 Å². The second-order valence-electron chi connectivity index (χ2n) is 7.26. The van der Waals surface area contributed by atoms with E-state index in [1.807, 2.05) is 27.7 Å². The summed E-state index contributed by atoms with van der Waals surface area (Å²) in [6.45, 7) is 8.86. The van der Waals surface area contributed by atoms with Gasteiger partial charge in [-0.05, 0) is 51.7 Å². The zero-order valence-corrected chi connectivity index (χ0v) is 15.9. The van der Waals surface area contributed by atoms with Gasteiger partial charge in [-0.25, -0.2) is 9.78 Å². The molecule has 7 heteroatoms. The van der Waals surface area contributed by atoms with Crippen LogP contribution >= 0.6 is 11.6 Å². The number of carbonyl (C=O) groups excluding carboxylic acids is 1. The lowest BCUT2D eigenvalue weighted by molar-refractivity contribution is -0.160. The van der Waals surface area contributed by atoms with E-state index >= 15 is 0 Å². The van der Waals surface area contributed by atoms with Gasteiger partial charge >= 0.3 is 11.9 Å². The molecule has 1 saturated heterocycles. The lowest BCUT2D eigenvalue weighted by Gasteiger charge is -2.34. The summed E-state index contributed by atoms with van der Waals surface area (Å²) in [6, 6.07) is 1.59. The summed E-state index contributed by atoms with van der Waals surface area (Å²) in [4.78, 5) is 29.8. The molecule has 1 aliphatic heterocycles. The summed E-state index contributed by atoms with van der Waals surface area (Å²) in [5.41, 5.74) is 0.383. The molecule has 25 heavy (non-hydrogen) atoms. The van der Waals surface area contributed by atoms with Crippen LogP contribution in [0.1, 0.15) is 56.5 Å². The van der Waals surface area contributed by atoms with E-state index in [1.165, 1.54) is 0 Å². The van der Waals surface area contributed by atoms with Crippen molar-refractivity contribution in [3.8, 4) is 0 Å². The molecule has 0 radical (unpaired) electrons. The van der Waals surface area contributed by atoms with Crippen LogP contribution in [0.25, 0.3) is 0 Å². The molecule has 0 unspecified atom stereocenters. The molecule has 6 nitrogen and oxygen atoms in total. The van der Waals surface area contributed by atoms with Gasteiger partial charge in [0.2, 0.25) is 0 Å². The molecule has 0 spiro atoms. The number of ether oxygens (including phenoxy) is 1. The van der Waals surface area contributed by atoms with Gasteiger partial charge in [0.25, 0.3) is 0 Å². The van der Waals surface area contributed by atoms with Crippen LogP contribution in [0.2, 0.25) is 5.15 Å². The number of halogens is 1. The van der Waals surface area contributed by atoms with Crippen molar-refractivity contribution in [2.45, 2.75) is 52.6 Å². The van der Waals surface area contributed by atoms with Crippen LogP contribution < -0.4 is 4.90 Å². The van der Waals surface area contributed by atoms with Gasteiger partial charge in [0.1, 0.15) is 16.6 Å². The van der Waals surface area contributed by atoms with Gasteiger partial charge < -0.3 is 14.7 Å². The van der Waals surface area contributed by atoms with Crippen molar-refractivity contribution in [3.63, 3.8) is 0 Å². The molecule has 0 bridgehead atoms. The first-order valence-corrected chi connectivity index (χ1v) is 8.90. The summed E-state index contributed by atoms with van der Waals surface area (Å²) in [5.74, 6) is -0.646. The number of aryl methyl sites for hydroxylation is 1. The molecular formula is C18H25ClN2O4. The Morgan fingerprint density at radius 2 is 1.96 bits per heavy atom. The lowest BCUT2D eigenvalue weighted by atomic mass is 9.96. The van der Waals surface area contributed by atoms with Crippen LogP contribution in [0.4, 0.5) is 5.82 Å². The number of carboxylic acids is 1. The average Bonchev–Trinajstić information content (AvgIpc) is 2.52. The monoisotopic (exact) mass is 368 g/mol. The molecule has 1 fully saturated rings. The Bertz CT molecular complexity index is 662. The van der Waals surface area contributed by atoms with Crippen LogP contribution in [-0.4, -0.2) is 40.7 Å². The highest BCUT2D eigenvalue weighted by molar-refractivity contribution is 6.32. The van der Waals surface area contributed by atoms with Crippen LogP contribution in [0.5, 0.6) is 0 Å². The number of nitrogens with zero attached hydrogens (tertiary/aromatic N) is 2. The third kappa shape index (κ3) is 4.84. The molecule has 0 amide bonds. The minimum atomic E-state index is -1.08. The van der Waals surface area contributed by atoms with E-state index in [0.717, 1.165) is 5.56 Å². The van der Waals surface area contributed by atoms with E-state index < -0.39 is 11.6 Å². The van der Waals surface area contributed by atoms with Gasteiger partial charge in [-0.15, -0.1) is 0 Å². The third-order valence-corrected chi connectivity index (χ3v) is 4.47. The van der Waals surface area contributed by atoms with Gasteiger partial charge in [-0.2, -0.15) is 0 Å². The second kappa shape index (κ2) is 7.60. The number of hydrogen-bond acceptors (Lipinski definition) is 5. The summed E-state index contributed by atoms with van der Waals surface area (Å²) in [7, 11) is 0. The quantitative estimate of drug-likeness (QED) is 0.646. The number of carboxylic acid groups (broad SMARTS) is 1. The molecule has 1 aliphatic rings. The highest BCUT2D eigenvalue weighted by atomic mass is 35.5. The molecule has 2 rings (SSSR count). The van der Waals surface area contributed by atoms with Gasteiger partial charge in [-0.3, -0.25) is 4.79 Å². The Kier molecular flexibility index (Phi) is 5.93. The molecule has 0 atom stereocenters. The molecule has 0 aliphatic carbocycles. The molecular weight excluding hydrogens is 344 g/mol. The van der Waals surface area contributed by atoms with E-state index in [0.29, 0.717) is 38.2 Å². The normalized spacial score (nSPS) is 16.0. The zero-order valence-electron chi connectivity index (χ0n) is 15.1. The van der Waals surface area contributed by atoms with Crippen molar-refractivity contribution >= 4 is 29.4 Å². The number of esters is 1. The number of carbonyl (C=O) groups is 2. The van der Waals surface area contributed by atoms with E-state index in [9.17, 15) is 14.7 Å².